The van der Waals surface area contributed by atoms with Crippen LogP contribution in [0.15, 0.2) is 0 Å². The molecule has 0 aromatic rings. The van der Waals surface area contributed by atoms with Crippen LogP contribution in [0.4, 0.5) is 0 Å². The quantitative estimate of drug-likeness (QED) is 0.425. The Kier molecular flexibility index (Phi) is 1.88. The molecule has 1 heterocycles. The highest BCUT2D eigenvalue weighted by atomic mass is 32.2. The van der Waals surface area contributed by atoms with Gasteiger partial charge in [-0.25, -0.2) is 4.79 Å². The number of hydrogen-bond acceptors (Lipinski definition) is 3. The van der Waals surface area contributed by atoms with Gasteiger partial charge >= 0.3 is 5.12 Å². The third-order valence-corrected chi connectivity index (χ3v) is 2.21. The van der Waals surface area contributed by atoms with Gasteiger partial charge in [0.2, 0.25) is 0 Å². The zero-order valence-corrected chi connectivity index (χ0v) is 5.16. The maximum atomic E-state index is 10.5. The van der Waals surface area contributed by atoms with E-state index in [9.17, 15) is 9.35 Å². The second-order valence-electron chi connectivity index (χ2n) is 1.60. The molecule has 0 aromatic carbocycles. The standard InChI is InChI=1S/C4H7NO2S/c6-4-3-5-1-2-8(4)7/h5H,1-3H2. The molecule has 0 bridgehead atoms. The van der Waals surface area contributed by atoms with Crippen molar-refractivity contribution < 1.29 is 9.35 Å². The van der Waals surface area contributed by atoms with E-state index in [0.29, 0.717) is 12.3 Å². The van der Waals surface area contributed by atoms with Crippen molar-refractivity contribution in [3.8, 4) is 0 Å². The maximum absolute atomic E-state index is 10.5. The Bertz CT molecular complexity index is 106. The molecular formula is C4H7NO2S. The molecule has 1 atom stereocenters. The van der Waals surface area contributed by atoms with Crippen LogP contribution in [-0.4, -0.2) is 28.5 Å². The highest BCUT2D eigenvalue weighted by molar-refractivity contribution is 8.06. The van der Waals surface area contributed by atoms with Crippen LogP contribution in [0.5, 0.6) is 0 Å². The molecule has 1 N–H and O–H groups in total. The van der Waals surface area contributed by atoms with Crippen molar-refractivity contribution in [3.63, 3.8) is 0 Å². The van der Waals surface area contributed by atoms with E-state index < -0.39 is 11.2 Å². The average Bonchev–Trinajstić information content (AvgIpc) is 1.77. The average molecular weight is 133 g/mol. The van der Waals surface area contributed by atoms with E-state index in [1.54, 1.807) is 0 Å². The number of hydrogen-bond donors (Lipinski definition) is 1. The van der Waals surface area contributed by atoms with Gasteiger partial charge in [0.15, 0.2) is 0 Å². The predicted molar refractivity (Wildman–Crippen MR) is 30.9 cm³/mol. The van der Waals surface area contributed by atoms with Crippen LogP contribution >= 0.6 is 0 Å². The summed E-state index contributed by atoms with van der Waals surface area (Å²) < 4.78 is 10.5. The van der Waals surface area contributed by atoms with Gasteiger partial charge in [0.25, 0.3) is 0 Å². The van der Waals surface area contributed by atoms with Crippen molar-refractivity contribution in [2.75, 3.05) is 18.8 Å². The lowest BCUT2D eigenvalue weighted by Gasteiger charge is -2.13. The Morgan fingerprint density at radius 2 is 2.50 bits per heavy atom. The fourth-order valence-electron chi connectivity index (χ4n) is 0.550. The van der Waals surface area contributed by atoms with Crippen LogP contribution < -0.4 is 5.32 Å². The molecule has 0 spiro atoms. The molecule has 0 saturated carbocycles. The molecule has 3 nitrogen and oxygen atoms in total. The molecule has 0 aliphatic carbocycles. The predicted octanol–water partition coefficient (Wildman–Crippen LogP) is -1.14. The monoisotopic (exact) mass is 133 g/mol. The summed E-state index contributed by atoms with van der Waals surface area (Å²) >= 11 is -1.19. The maximum Gasteiger partial charge on any atom is 0.342 e. The number of carbonyl (C=O) groups excluding carboxylic acids is 1. The largest absolute Gasteiger partial charge is 0.609 e. The first-order valence-corrected chi connectivity index (χ1v) is 3.74. The Hall–Kier alpha value is -0.0600. The van der Waals surface area contributed by atoms with E-state index in [0.717, 1.165) is 0 Å². The summed E-state index contributed by atoms with van der Waals surface area (Å²) in [5, 5.41) is 2.65. The van der Waals surface area contributed by atoms with Crippen LogP contribution in [0.3, 0.4) is 0 Å². The van der Waals surface area contributed by atoms with Crippen molar-refractivity contribution in [1.29, 1.82) is 0 Å². The van der Waals surface area contributed by atoms with Gasteiger partial charge in [-0.2, -0.15) is 0 Å². The first-order valence-electron chi connectivity index (χ1n) is 2.42. The second-order valence-corrected chi connectivity index (χ2v) is 3.15. The van der Waals surface area contributed by atoms with Gasteiger partial charge in [-0.15, -0.1) is 0 Å². The summed E-state index contributed by atoms with van der Waals surface area (Å²) in [4.78, 5) is 10.4. The van der Waals surface area contributed by atoms with Crippen molar-refractivity contribution in [2.45, 2.75) is 0 Å². The fraction of sp³-hybridized carbons (Fsp3) is 0.750. The van der Waals surface area contributed by atoms with E-state index in [1.807, 2.05) is 0 Å². The first kappa shape index (κ1) is 6.07. The van der Waals surface area contributed by atoms with Crippen molar-refractivity contribution >= 4 is 16.3 Å². The zero-order chi connectivity index (χ0) is 5.98. The van der Waals surface area contributed by atoms with Crippen LogP contribution in [0.25, 0.3) is 0 Å². The molecular weight excluding hydrogens is 126 g/mol. The lowest BCUT2D eigenvalue weighted by atomic mass is 10.6. The molecule has 1 unspecified atom stereocenters. The smallest absolute Gasteiger partial charge is 0.342 e. The Morgan fingerprint density at radius 3 is 2.88 bits per heavy atom. The van der Waals surface area contributed by atoms with Gasteiger partial charge in [-0.3, -0.25) is 0 Å². The number of carbonyl (C=O) groups is 1. The van der Waals surface area contributed by atoms with E-state index in [-0.39, 0.29) is 11.7 Å². The summed E-state index contributed by atoms with van der Waals surface area (Å²) in [6.07, 6.45) is 0. The molecule has 46 valence electrons. The molecule has 0 radical (unpaired) electrons. The van der Waals surface area contributed by atoms with Gasteiger partial charge in [0.1, 0.15) is 12.3 Å². The second kappa shape index (κ2) is 2.48. The van der Waals surface area contributed by atoms with Gasteiger partial charge in [0.05, 0.1) is 0 Å². The SMILES string of the molecule is O=C1CNCC[S+]1[O-]. The highest BCUT2D eigenvalue weighted by Gasteiger charge is 2.21. The van der Waals surface area contributed by atoms with Crippen LogP contribution in [0.1, 0.15) is 0 Å². The van der Waals surface area contributed by atoms with Gasteiger partial charge in [-0.05, 0) is 0 Å². The Labute approximate surface area is 50.6 Å². The first-order chi connectivity index (χ1) is 3.80. The molecule has 0 aromatic heterocycles. The number of nitrogens with one attached hydrogen (secondary N) is 1. The van der Waals surface area contributed by atoms with Gasteiger partial charge in [0, 0.05) is 17.7 Å². The van der Waals surface area contributed by atoms with Crippen LogP contribution in [0, 0.1) is 0 Å². The van der Waals surface area contributed by atoms with Crippen molar-refractivity contribution in [3.05, 3.63) is 0 Å². The van der Waals surface area contributed by atoms with Crippen molar-refractivity contribution in [2.24, 2.45) is 0 Å². The summed E-state index contributed by atoms with van der Waals surface area (Å²) in [7, 11) is 0. The normalized spacial score (nSPS) is 30.6. The third-order valence-electron chi connectivity index (χ3n) is 0.988. The summed E-state index contributed by atoms with van der Waals surface area (Å²) in [5.41, 5.74) is 0. The third kappa shape index (κ3) is 1.21. The van der Waals surface area contributed by atoms with E-state index in [4.69, 9.17) is 0 Å². The molecule has 1 saturated heterocycles. The van der Waals surface area contributed by atoms with E-state index >= 15 is 0 Å². The van der Waals surface area contributed by atoms with Crippen molar-refractivity contribution in [1.82, 2.24) is 5.32 Å². The van der Waals surface area contributed by atoms with Crippen LogP contribution in [-0.2, 0) is 16.0 Å². The molecule has 8 heavy (non-hydrogen) atoms. The molecule has 1 aliphatic rings. The Morgan fingerprint density at radius 1 is 1.75 bits per heavy atom. The number of rotatable bonds is 0. The minimum Gasteiger partial charge on any atom is -0.609 e. The van der Waals surface area contributed by atoms with Gasteiger partial charge < -0.3 is 9.87 Å². The molecule has 1 fully saturated rings. The van der Waals surface area contributed by atoms with E-state index in [1.165, 1.54) is 0 Å². The molecule has 1 rings (SSSR count). The van der Waals surface area contributed by atoms with Gasteiger partial charge in [-0.1, -0.05) is 0 Å². The van der Waals surface area contributed by atoms with E-state index in [2.05, 4.69) is 5.32 Å². The summed E-state index contributed by atoms with van der Waals surface area (Å²) in [6, 6.07) is 0. The zero-order valence-electron chi connectivity index (χ0n) is 4.35. The van der Waals surface area contributed by atoms with Crippen LogP contribution in [0.2, 0.25) is 0 Å². The molecule has 1 aliphatic heterocycles. The molecule has 0 amide bonds. The highest BCUT2D eigenvalue weighted by Crippen LogP contribution is 1.94. The lowest BCUT2D eigenvalue weighted by Crippen LogP contribution is -2.40. The minimum absolute atomic E-state index is 0.170. The summed E-state index contributed by atoms with van der Waals surface area (Å²) in [6.45, 7) is 0.991. The fourth-order valence-corrected chi connectivity index (χ4v) is 1.37. The topological polar surface area (TPSA) is 52.2 Å². The Balaban J connectivity index is 2.39. The summed E-state index contributed by atoms with van der Waals surface area (Å²) in [5.74, 6) is 0.485. The molecule has 4 heteroatoms. The lowest BCUT2D eigenvalue weighted by molar-refractivity contribution is -0.111. The minimum atomic E-state index is -1.19.